The third-order valence-corrected chi connectivity index (χ3v) is 10.2. The molecule has 0 spiro atoms. The summed E-state index contributed by atoms with van der Waals surface area (Å²) < 4.78 is 0. The van der Waals surface area contributed by atoms with Crippen molar-refractivity contribution >= 4 is 45.6 Å². The van der Waals surface area contributed by atoms with Crippen LogP contribution in [0.4, 0.5) is 40.1 Å². The predicted octanol–water partition coefficient (Wildman–Crippen LogP) is 7.49. The van der Waals surface area contributed by atoms with Crippen molar-refractivity contribution < 1.29 is 0 Å². The molecule has 9 rings (SSSR count). The average Bonchev–Trinajstić information content (AvgIpc) is 3.54. The van der Waals surface area contributed by atoms with E-state index in [0.29, 0.717) is 5.56 Å². The first-order valence-corrected chi connectivity index (χ1v) is 14.9. The Kier molecular flexibility index (Phi) is 4.94. The number of anilines is 7. The summed E-state index contributed by atoms with van der Waals surface area (Å²) in [6.07, 6.45) is 3.27. The number of rotatable bonds is 1. The Morgan fingerprint density at radius 2 is 1.39 bits per heavy atom. The molecule has 4 aliphatic rings. The quantitative estimate of drug-likeness (QED) is 0.207. The summed E-state index contributed by atoms with van der Waals surface area (Å²) in [5.41, 5.74) is 8.83. The van der Waals surface area contributed by atoms with Gasteiger partial charge in [-0.25, -0.2) is 9.97 Å². The van der Waals surface area contributed by atoms with Crippen molar-refractivity contribution in [3.63, 3.8) is 0 Å². The molecule has 1 aromatic heterocycles. The van der Waals surface area contributed by atoms with Gasteiger partial charge in [0.05, 0.1) is 34.6 Å². The van der Waals surface area contributed by atoms with Gasteiger partial charge in [-0.3, -0.25) is 0 Å². The lowest BCUT2D eigenvalue weighted by Crippen LogP contribution is -2.64. The van der Waals surface area contributed by atoms with Crippen LogP contribution in [0.2, 0.25) is 0 Å². The summed E-state index contributed by atoms with van der Waals surface area (Å²) in [4.78, 5) is 19.6. The van der Waals surface area contributed by atoms with Crippen LogP contribution in [0.15, 0.2) is 116 Å². The van der Waals surface area contributed by atoms with Crippen LogP contribution in [-0.2, 0) is 5.41 Å². The number of fused-ring (bicyclic) bond motifs is 14. The Balaban J connectivity index is 1.43. The van der Waals surface area contributed by atoms with Crippen molar-refractivity contribution in [1.82, 2.24) is 9.97 Å². The van der Waals surface area contributed by atoms with Crippen LogP contribution in [0.1, 0.15) is 23.6 Å². The van der Waals surface area contributed by atoms with E-state index in [0.717, 1.165) is 51.1 Å². The molecule has 7 nitrogen and oxygen atoms in total. The first kappa shape index (κ1) is 24.9. The minimum atomic E-state index is -0.579. The molecular weight excluding hydrogens is 542 g/mol. The van der Waals surface area contributed by atoms with Crippen LogP contribution < -0.4 is 19.6 Å². The number of nitriles is 1. The standard InChI is InChI=1S/C37H29N7/c1-23-26-13-7-8-14-28(26)44-34-33(39-19-20-40-34)42(25-11-5-4-6-12-25)36(44)32-35-41(3)30-15-9-10-16-31(30)43(35)29-18-17-24(22-38)21-27(29)37(23,32)2/h4-21,32,35-36H,1H2,2-3H3. The molecule has 4 aromatic carbocycles. The molecule has 0 saturated carbocycles. The molecule has 0 amide bonds. The zero-order valence-corrected chi connectivity index (χ0v) is 24.5. The van der Waals surface area contributed by atoms with Crippen LogP contribution in [0.3, 0.4) is 0 Å². The lowest BCUT2D eigenvalue weighted by atomic mass is 9.60. The van der Waals surface area contributed by atoms with Gasteiger partial charge in [0.25, 0.3) is 0 Å². The fraction of sp³-hybridized carbons (Fsp3) is 0.162. The average molecular weight is 572 g/mol. The molecule has 212 valence electrons. The highest BCUT2D eigenvalue weighted by Crippen LogP contribution is 2.65. The van der Waals surface area contributed by atoms with Gasteiger partial charge in [0.1, 0.15) is 12.3 Å². The van der Waals surface area contributed by atoms with Crippen molar-refractivity contribution in [3.8, 4) is 6.07 Å². The van der Waals surface area contributed by atoms with Crippen LogP contribution in [-0.4, -0.2) is 29.3 Å². The SMILES string of the molecule is C=C1c2ccccc2N2c3nccnc3N(c3ccccc3)C2C2C3N(C)c4ccccc4N3c3ccc(C#N)cc3C12C. The first-order valence-electron chi connectivity index (χ1n) is 14.9. The summed E-state index contributed by atoms with van der Waals surface area (Å²) >= 11 is 0. The van der Waals surface area contributed by atoms with E-state index in [1.165, 1.54) is 5.69 Å². The molecule has 5 heterocycles. The number of para-hydroxylation sites is 4. The van der Waals surface area contributed by atoms with Gasteiger partial charge in [-0.2, -0.15) is 5.26 Å². The maximum absolute atomic E-state index is 10.1. The number of hydrogen-bond acceptors (Lipinski definition) is 7. The zero-order valence-electron chi connectivity index (χ0n) is 24.5. The van der Waals surface area contributed by atoms with Crippen LogP contribution in [0.25, 0.3) is 5.57 Å². The Bertz CT molecular complexity index is 2050. The summed E-state index contributed by atoms with van der Waals surface area (Å²) in [6, 6.07) is 36.3. The van der Waals surface area contributed by atoms with E-state index in [1.54, 1.807) is 12.4 Å². The van der Waals surface area contributed by atoms with Gasteiger partial charge in [-0.15, -0.1) is 0 Å². The molecule has 5 aromatic rings. The maximum Gasteiger partial charge on any atom is 0.178 e. The molecule has 0 radical (unpaired) electrons. The van der Waals surface area contributed by atoms with Gasteiger partial charge in [-0.1, -0.05) is 62.0 Å². The highest BCUT2D eigenvalue weighted by atomic mass is 15.5. The lowest BCUT2D eigenvalue weighted by Gasteiger charge is -2.55. The second-order valence-corrected chi connectivity index (χ2v) is 12.1. The molecule has 7 heteroatoms. The lowest BCUT2D eigenvalue weighted by molar-refractivity contribution is 0.252. The Morgan fingerprint density at radius 3 is 2.14 bits per heavy atom. The molecule has 4 atom stereocenters. The molecule has 0 N–H and O–H groups in total. The number of benzene rings is 4. The van der Waals surface area contributed by atoms with Gasteiger partial charge >= 0.3 is 0 Å². The van der Waals surface area contributed by atoms with Crippen molar-refractivity contribution in [2.24, 2.45) is 5.92 Å². The summed E-state index contributed by atoms with van der Waals surface area (Å²) in [5.74, 6) is 1.57. The summed E-state index contributed by atoms with van der Waals surface area (Å²) in [5, 5.41) is 10.1. The topological polar surface area (TPSA) is 62.5 Å². The van der Waals surface area contributed by atoms with Crippen LogP contribution in [0, 0.1) is 17.2 Å². The van der Waals surface area contributed by atoms with Crippen molar-refractivity contribution in [3.05, 3.63) is 133 Å². The van der Waals surface area contributed by atoms with Crippen molar-refractivity contribution in [2.75, 3.05) is 26.6 Å². The monoisotopic (exact) mass is 571 g/mol. The molecule has 4 aliphatic heterocycles. The third kappa shape index (κ3) is 2.95. The smallest absolute Gasteiger partial charge is 0.178 e. The second kappa shape index (κ2) is 8.71. The fourth-order valence-corrected chi connectivity index (χ4v) is 8.31. The number of nitrogens with zero attached hydrogens (tertiary/aromatic N) is 7. The van der Waals surface area contributed by atoms with E-state index in [4.69, 9.17) is 16.5 Å². The van der Waals surface area contributed by atoms with Crippen LogP contribution in [0.5, 0.6) is 0 Å². The number of allylic oxidation sites excluding steroid dienone is 1. The highest BCUT2D eigenvalue weighted by molar-refractivity contribution is 5.96. The Labute approximate surface area is 256 Å². The number of aromatic nitrogens is 2. The van der Waals surface area contributed by atoms with Gasteiger partial charge in [0.2, 0.25) is 0 Å². The summed E-state index contributed by atoms with van der Waals surface area (Å²) in [6.45, 7) is 7.23. The molecule has 0 fully saturated rings. The largest absolute Gasteiger partial charge is 0.352 e. The minimum absolute atomic E-state index is 0.0723. The van der Waals surface area contributed by atoms with E-state index < -0.39 is 5.41 Å². The highest BCUT2D eigenvalue weighted by Gasteiger charge is 2.63. The van der Waals surface area contributed by atoms with Gasteiger partial charge < -0.3 is 19.6 Å². The molecular formula is C37H29N7. The van der Waals surface area contributed by atoms with E-state index >= 15 is 0 Å². The fourth-order valence-electron chi connectivity index (χ4n) is 8.31. The van der Waals surface area contributed by atoms with E-state index in [2.05, 4.69) is 125 Å². The molecule has 0 aliphatic carbocycles. The Hall–Kier alpha value is -5.61. The maximum atomic E-state index is 10.1. The Morgan fingerprint density at radius 1 is 0.727 bits per heavy atom. The second-order valence-electron chi connectivity index (χ2n) is 12.1. The van der Waals surface area contributed by atoms with Gasteiger partial charge in [0, 0.05) is 41.8 Å². The normalized spacial score (nSPS) is 23.8. The van der Waals surface area contributed by atoms with Gasteiger partial charge in [0.15, 0.2) is 11.6 Å². The van der Waals surface area contributed by atoms with E-state index in [-0.39, 0.29) is 18.2 Å². The molecule has 44 heavy (non-hydrogen) atoms. The molecule has 0 saturated heterocycles. The first-order chi connectivity index (χ1) is 21.5. The van der Waals surface area contributed by atoms with Crippen LogP contribution >= 0.6 is 0 Å². The minimum Gasteiger partial charge on any atom is -0.352 e. The van der Waals surface area contributed by atoms with E-state index in [9.17, 15) is 5.26 Å². The molecule has 0 bridgehead atoms. The zero-order chi connectivity index (χ0) is 29.7. The number of hydrogen-bond donors (Lipinski definition) is 0. The summed E-state index contributed by atoms with van der Waals surface area (Å²) in [7, 11) is 2.20. The van der Waals surface area contributed by atoms with Gasteiger partial charge in [-0.05, 0) is 59.7 Å². The molecule has 4 unspecified atom stereocenters. The van der Waals surface area contributed by atoms with Crippen molar-refractivity contribution in [1.29, 1.82) is 5.26 Å². The predicted molar refractivity (Wildman–Crippen MR) is 175 cm³/mol. The third-order valence-electron chi connectivity index (χ3n) is 10.2. The van der Waals surface area contributed by atoms with Crippen molar-refractivity contribution in [2.45, 2.75) is 24.7 Å². The van der Waals surface area contributed by atoms with E-state index in [1.807, 2.05) is 12.1 Å².